The van der Waals surface area contributed by atoms with Gasteiger partial charge in [0.05, 0.1) is 11.5 Å². The van der Waals surface area contributed by atoms with E-state index in [2.05, 4.69) is 44.0 Å². The summed E-state index contributed by atoms with van der Waals surface area (Å²) in [4.78, 5) is 0. The molecule has 1 aliphatic rings. The summed E-state index contributed by atoms with van der Waals surface area (Å²) in [6.07, 6.45) is 0.786. The van der Waals surface area contributed by atoms with Gasteiger partial charge in [0.25, 0.3) is 0 Å². The third-order valence-electron chi connectivity index (χ3n) is 3.30. The van der Waals surface area contributed by atoms with E-state index in [1.54, 1.807) is 0 Å². The minimum absolute atomic E-state index is 0.251. The zero-order valence-electron chi connectivity index (χ0n) is 9.27. The maximum absolute atomic E-state index is 11.5. The third kappa shape index (κ3) is 3.32. The van der Waals surface area contributed by atoms with Crippen LogP contribution in [0, 0.1) is 5.92 Å². The Bertz CT molecular complexity index is 482. The van der Waals surface area contributed by atoms with Crippen LogP contribution < -0.4 is 0 Å². The Morgan fingerprint density at radius 1 is 1.29 bits per heavy atom. The van der Waals surface area contributed by atoms with Gasteiger partial charge >= 0.3 is 0 Å². The van der Waals surface area contributed by atoms with Gasteiger partial charge in [0.2, 0.25) is 0 Å². The number of rotatable bonds is 3. The van der Waals surface area contributed by atoms with E-state index in [0.717, 1.165) is 16.2 Å². The first-order valence-corrected chi connectivity index (χ1v) is 9.27. The SMILES string of the molecule is O=S1(=O)CCC(C(CBr)c2ccc(Br)cc2)C1. The molecule has 1 aromatic rings. The summed E-state index contributed by atoms with van der Waals surface area (Å²) in [5.74, 6) is 1.22. The average molecular weight is 382 g/mol. The molecule has 0 aliphatic carbocycles. The fraction of sp³-hybridized carbons (Fsp3) is 0.500. The van der Waals surface area contributed by atoms with Gasteiger partial charge in [-0.1, -0.05) is 44.0 Å². The summed E-state index contributed by atoms with van der Waals surface area (Å²) >= 11 is 6.92. The Kier molecular flexibility index (Phi) is 4.31. The van der Waals surface area contributed by atoms with Crippen LogP contribution in [-0.2, 0) is 9.84 Å². The van der Waals surface area contributed by atoms with Crippen LogP contribution in [0.3, 0.4) is 0 Å². The topological polar surface area (TPSA) is 34.1 Å². The van der Waals surface area contributed by atoms with Crippen LogP contribution in [0.4, 0.5) is 0 Å². The number of alkyl halides is 1. The second-order valence-electron chi connectivity index (χ2n) is 4.48. The zero-order valence-corrected chi connectivity index (χ0v) is 13.3. The fourth-order valence-electron chi connectivity index (χ4n) is 2.34. The molecule has 94 valence electrons. The van der Waals surface area contributed by atoms with Crippen molar-refractivity contribution < 1.29 is 8.42 Å². The van der Waals surface area contributed by atoms with Crippen LogP contribution in [-0.4, -0.2) is 25.3 Å². The van der Waals surface area contributed by atoms with E-state index in [0.29, 0.717) is 17.4 Å². The van der Waals surface area contributed by atoms with E-state index >= 15 is 0 Å². The van der Waals surface area contributed by atoms with E-state index in [1.165, 1.54) is 5.56 Å². The van der Waals surface area contributed by atoms with Crippen molar-refractivity contribution in [1.29, 1.82) is 0 Å². The second kappa shape index (κ2) is 5.41. The minimum atomic E-state index is -2.80. The highest BCUT2D eigenvalue weighted by molar-refractivity contribution is 9.10. The molecule has 5 heteroatoms. The van der Waals surface area contributed by atoms with Gasteiger partial charge in [-0.25, -0.2) is 8.42 Å². The average Bonchev–Trinajstić information content (AvgIpc) is 2.63. The molecule has 1 fully saturated rings. The van der Waals surface area contributed by atoms with Gasteiger partial charge in [0.15, 0.2) is 9.84 Å². The summed E-state index contributed by atoms with van der Waals surface area (Å²) in [5.41, 5.74) is 1.21. The molecule has 0 amide bonds. The summed E-state index contributed by atoms with van der Waals surface area (Å²) in [6, 6.07) is 8.16. The van der Waals surface area contributed by atoms with Crippen LogP contribution in [0.15, 0.2) is 28.7 Å². The zero-order chi connectivity index (χ0) is 12.5. The van der Waals surface area contributed by atoms with Crippen molar-refractivity contribution in [2.75, 3.05) is 16.8 Å². The van der Waals surface area contributed by atoms with Gasteiger partial charge in [0.1, 0.15) is 0 Å². The van der Waals surface area contributed by atoms with Gasteiger partial charge in [-0.15, -0.1) is 0 Å². The Morgan fingerprint density at radius 3 is 2.41 bits per heavy atom. The molecule has 17 heavy (non-hydrogen) atoms. The van der Waals surface area contributed by atoms with Gasteiger partial charge in [-0.2, -0.15) is 0 Å². The molecule has 0 bridgehead atoms. The first-order valence-electron chi connectivity index (χ1n) is 5.54. The summed E-state index contributed by atoms with van der Waals surface area (Å²) in [7, 11) is -2.80. The van der Waals surface area contributed by atoms with Gasteiger partial charge in [0, 0.05) is 9.80 Å². The largest absolute Gasteiger partial charge is 0.229 e. The van der Waals surface area contributed by atoms with Crippen LogP contribution >= 0.6 is 31.9 Å². The van der Waals surface area contributed by atoms with E-state index < -0.39 is 9.84 Å². The highest BCUT2D eigenvalue weighted by atomic mass is 79.9. The third-order valence-corrected chi connectivity index (χ3v) is 6.32. The molecule has 0 saturated carbocycles. The van der Waals surface area contributed by atoms with Gasteiger partial charge < -0.3 is 0 Å². The monoisotopic (exact) mass is 380 g/mol. The van der Waals surface area contributed by atoms with Crippen LogP contribution in [0.1, 0.15) is 17.9 Å². The van der Waals surface area contributed by atoms with Crippen molar-refractivity contribution in [2.24, 2.45) is 5.92 Å². The van der Waals surface area contributed by atoms with Crippen molar-refractivity contribution >= 4 is 41.7 Å². The molecule has 0 spiro atoms. The Hall–Kier alpha value is 0.130. The molecule has 1 saturated heterocycles. The quantitative estimate of drug-likeness (QED) is 0.752. The summed E-state index contributed by atoms with van der Waals surface area (Å²) in [5, 5.41) is 0.814. The second-order valence-corrected chi connectivity index (χ2v) is 8.27. The Balaban J connectivity index is 2.20. The standard InChI is InChI=1S/C12H14Br2O2S/c13-7-12(9-1-3-11(14)4-2-9)10-5-6-17(15,16)8-10/h1-4,10,12H,5-8H2. The van der Waals surface area contributed by atoms with Crippen molar-refractivity contribution in [3.63, 3.8) is 0 Å². The minimum Gasteiger partial charge on any atom is -0.229 e. The van der Waals surface area contributed by atoms with Crippen molar-refractivity contribution in [3.05, 3.63) is 34.3 Å². The van der Waals surface area contributed by atoms with Gasteiger partial charge in [-0.05, 0) is 36.0 Å². The van der Waals surface area contributed by atoms with E-state index in [1.807, 2.05) is 12.1 Å². The predicted octanol–water partition coefficient (Wildman–Crippen LogP) is 3.36. The lowest BCUT2D eigenvalue weighted by Gasteiger charge is -2.20. The Morgan fingerprint density at radius 2 is 1.94 bits per heavy atom. The predicted molar refractivity (Wildman–Crippen MR) is 77.4 cm³/mol. The number of halogens is 2. The molecule has 1 aliphatic heterocycles. The fourth-order valence-corrected chi connectivity index (χ4v) is 5.38. The highest BCUT2D eigenvalue weighted by Gasteiger charge is 2.33. The van der Waals surface area contributed by atoms with Crippen molar-refractivity contribution in [2.45, 2.75) is 12.3 Å². The number of hydrogen-bond donors (Lipinski definition) is 0. The number of benzene rings is 1. The normalized spacial score (nSPS) is 24.7. The molecule has 2 atom stereocenters. The maximum atomic E-state index is 11.5. The van der Waals surface area contributed by atoms with Crippen molar-refractivity contribution in [1.82, 2.24) is 0 Å². The molecule has 0 aromatic heterocycles. The molecule has 0 N–H and O–H groups in total. The lowest BCUT2D eigenvalue weighted by molar-refractivity contribution is 0.505. The van der Waals surface area contributed by atoms with Crippen LogP contribution in [0.25, 0.3) is 0 Å². The Labute approximate surface area is 119 Å². The van der Waals surface area contributed by atoms with E-state index in [4.69, 9.17) is 0 Å². The number of hydrogen-bond acceptors (Lipinski definition) is 2. The molecule has 0 radical (unpaired) electrons. The smallest absolute Gasteiger partial charge is 0.150 e. The molecular weight excluding hydrogens is 368 g/mol. The van der Waals surface area contributed by atoms with Crippen molar-refractivity contribution in [3.8, 4) is 0 Å². The van der Waals surface area contributed by atoms with E-state index in [9.17, 15) is 8.42 Å². The van der Waals surface area contributed by atoms with Crippen LogP contribution in [0.5, 0.6) is 0 Å². The molecule has 1 aromatic carbocycles. The van der Waals surface area contributed by atoms with Crippen LogP contribution in [0.2, 0.25) is 0 Å². The highest BCUT2D eigenvalue weighted by Crippen LogP contribution is 2.34. The molecular formula is C12H14Br2O2S. The lowest BCUT2D eigenvalue weighted by Crippen LogP contribution is -2.16. The molecule has 1 heterocycles. The molecule has 2 nitrogen and oxygen atoms in total. The summed E-state index contributed by atoms with van der Waals surface area (Å²) < 4.78 is 24.1. The summed E-state index contributed by atoms with van der Waals surface area (Å²) in [6.45, 7) is 0. The first-order chi connectivity index (χ1) is 8.02. The lowest BCUT2D eigenvalue weighted by atomic mass is 9.87. The first kappa shape index (κ1) is 13.6. The molecule has 2 unspecified atom stereocenters. The van der Waals surface area contributed by atoms with Gasteiger partial charge in [-0.3, -0.25) is 0 Å². The van der Waals surface area contributed by atoms with E-state index in [-0.39, 0.29) is 5.92 Å². The number of sulfone groups is 1. The maximum Gasteiger partial charge on any atom is 0.150 e. The molecule has 2 rings (SSSR count).